The Morgan fingerprint density at radius 3 is 2.63 bits per heavy atom. The number of carbonyl (C=O) groups is 1. The van der Waals surface area contributed by atoms with Crippen molar-refractivity contribution in [2.45, 2.75) is 13.5 Å². The summed E-state index contributed by atoms with van der Waals surface area (Å²) in [4.78, 5) is 30.3. The van der Waals surface area contributed by atoms with E-state index in [1.165, 1.54) is 6.92 Å². The van der Waals surface area contributed by atoms with E-state index < -0.39 is 17.2 Å². The van der Waals surface area contributed by atoms with Gasteiger partial charge >= 0.3 is 0 Å². The van der Waals surface area contributed by atoms with Gasteiger partial charge in [0.05, 0.1) is 12.1 Å². The number of fused-ring (bicyclic) bond motifs is 1. The molecule has 0 spiro atoms. The number of carbonyl (C=O) groups excluding carboxylic acids is 1. The van der Waals surface area contributed by atoms with Crippen LogP contribution in [0.25, 0.3) is 10.8 Å². The van der Waals surface area contributed by atoms with Crippen LogP contribution < -0.4 is 5.56 Å². The first kappa shape index (κ1) is 19.1. The third-order valence-corrected chi connectivity index (χ3v) is 5.12. The molecule has 4 aromatic rings. The van der Waals surface area contributed by atoms with Gasteiger partial charge in [-0.05, 0) is 34.9 Å². The summed E-state index contributed by atoms with van der Waals surface area (Å²) >= 11 is 0. The van der Waals surface area contributed by atoms with E-state index in [1.807, 2.05) is 36.4 Å². The maximum Gasteiger partial charge on any atom is 0.271 e. The second-order valence-electron chi connectivity index (χ2n) is 6.92. The minimum Gasteiger partial charge on any atom is -0.494 e. The second-order valence-corrected chi connectivity index (χ2v) is 6.92. The number of nitrogens with zero attached hydrogens (tertiary/aromatic N) is 3. The molecule has 2 heterocycles. The van der Waals surface area contributed by atoms with Crippen molar-refractivity contribution in [3.05, 3.63) is 105 Å². The predicted octanol–water partition coefficient (Wildman–Crippen LogP) is 3.56. The Morgan fingerprint density at radius 1 is 1.13 bits per heavy atom. The Labute approximate surface area is 172 Å². The molecule has 0 bridgehead atoms. The van der Waals surface area contributed by atoms with Crippen molar-refractivity contribution in [1.82, 2.24) is 9.55 Å². The normalized spacial score (nSPS) is 10.7. The van der Waals surface area contributed by atoms with Gasteiger partial charge in [0.2, 0.25) is 5.88 Å². The van der Waals surface area contributed by atoms with Crippen LogP contribution in [0, 0.1) is 18.3 Å². The molecule has 2 aromatic heterocycles. The van der Waals surface area contributed by atoms with Crippen molar-refractivity contribution in [2.75, 3.05) is 0 Å². The zero-order valence-corrected chi connectivity index (χ0v) is 16.2. The first-order chi connectivity index (χ1) is 14.5. The van der Waals surface area contributed by atoms with Gasteiger partial charge in [-0.25, -0.2) is 0 Å². The molecule has 4 rings (SSSR count). The Bertz CT molecular complexity index is 1380. The Balaban J connectivity index is 1.95. The summed E-state index contributed by atoms with van der Waals surface area (Å²) in [5.41, 5.74) is 0.353. The molecule has 146 valence electrons. The molecule has 0 saturated carbocycles. The van der Waals surface area contributed by atoms with Gasteiger partial charge in [0.15, 0.2) is 5.78 Å². The molecule has 0 aliphatic rings. The van der Waals surface area contributed by atoms with Crippen molar-refractivity contribution in [1.29, 1.82) is 5.26 Å². The first-order valence-electron chi connectivity index (χ1n) is 9.30. The van der Waals surface area contributed by atoms with Gasteiger partial charge in [0.25, 0.3) is 5.56 Å². The fourth-order valence-corrected chi connectivity index (χ4v) is 3.60. The van der Waals surface area contributed by atoms with Crippen LogP contribution in [-0.4, -0.2) is 20.4 Å². The third kappa shape index (κ3) is 3.12. The lowest BCUT2D eigenvalue weighted by molar-refractivity contribution is 0.103. The van der Waals surface area contributed by atoms with Crippen LogP contribution in [0.3, 0.4) is 0 Å². The van der Waals surface area contributed by atoms with E-state index in [4.69, 9.17) is 0 Å². The molecule has 6 nitrogen and oxygen atoms in total. The van der Waals surface area contributed by atoms with E-state index in [1.54, 1.807) is 36.7 Å². The van der Waals surface area contributed by atoms with Gasteiger partial charge in [0, 0.05) is 18.0 Å². The quantitative estimate of drug-likeness (QED) is 0.533. The molecule has 2 aromatic carbocycles. The highest BCUT2D eigenvalue weighted by Gasteiger charge is 2.25. The Hall–Kier alpha value is -4.24. The number of hydrogen-bond acceptors (Lipinski definition) is 5. The van der Waals surface area contributed by atoms with Crippen LogP contribution in [0.15, 0.2) is 71.8 Å². The number of rotatable bonds is 4. The maximum absolute atomic E-state index is 13.5. The standard InChI is InChI=1S/C24H17N3O3/c1-15-20(12-25)23(29)27(14-16-6-5-11-26-13-16)24(30)21(15)22(28)19-10-4-8-17-7-2-3-9-18(17)19/h2-11,13,30H,14H2,1H3. The monoisotopic (exact) mass is 395 g/mol. The van der Waals surface area contributed by atoms with Crippen molar-refractivity contribution in [2.24, 2.45) is 0 Å². The number of pyridine rings is 2. The SMILES string of the molecule is Cc1c(C(=O)c2cccc3ccccc23)c(O)n(Cc2cccnc2)c(=O)c1C#N. The average molecular weight is 395 g/mol. The number of aromatic nitrogens is 2. The van der Waals surface area contributed by atoms with Crippen LogP contribution in [0.2, 0.25) is 0 Å². The summed E-state index contributed by atoms with van der Waals surface area (Å²) < 4.78 is 1.04. The molecule has 0 unspecified atom stereocenters. The van der Waals surface area contributed by atoms with Crippen LogP contribution in [0.5, 0.6) is 5.88 Å². The van der Waals surface area contributed by atoms with Crippen LogP contribution >= 0.6 is 0 Å². The predicted molar refractivity (Wildman–Crippen MR) is 113 cm³/mol. The Morgan fingerprint density at radius 2 is 1.90 bits per heavy atom. The van der Waals surface area contributed by atoms with Gasteiger partial charge in [-0.3, -0.25) is 19.1 Å². The van der Waals surface area contributed by atoms with Crippen LogP contribution in [0.4, 0.5) is 0 Å². The van der Waals surface area contributed by atoms with E-state index in [-0.39, 0.29) is 23.2 Å². The largest absolute Gasteiger partial charge is 0.494 e. The average Bonchev–Trinajstić information content (AvgIpc) is 2.77. The Kier molecular flexibility index (Phi) is 4.87. The molecule has 0 radical (unpaired) electrons. The van der Waals surface area contributed by atoms with Gasteiger partial charge in [-0.2, -0.15) is 5.26 Å². The minimum absolute atomic E-state index is 0.0106. The van der Waals surface area contributed by atoms with Crippen molar-refractivity contribution >= 4 is 16.6 Å². The van der Waals surface area contributed by atoms with Crippen LogP contribution in [-0.2, 0) is 6.54 Å². The van der Waals surface area contributed by atoms with E-state index in [9.17, 15) is 20.0 Å². The minimum atomic E-state index is -0.647. The summed E-state index contributed by atoms with van der Waals surface area (Å²) in [6, 6.07) is 18.1. The summed E-state index contributed by atoms with van der Waals surface area (Å²) in [5.74, 6) is -0.906. The number of nitriles is 1. The van der Waals surface area contributed by atoms with E-state index in [2.05, 4.69) is 4.98 Å². The lowest BCUT2D eigenvalue weighted by Crippen LogP contribution is -2.27. The van der Waals surface area contributed by atoms with Crippen molar-refractivity contribution < 1.29 is 9.90 Å². The molecule has 0 aliphatic heterocycles. The molecule has 0 saturated heterocycles. The number of hydrogen-bond donors (Lipinski definition) is 1. The van der Waals surface area contributed by atoms with Gasteiger partial charge in [0.1, 0.15) is 11.6 Å². The van der Waals surface area contributed by atoms with E-state index >= 15 is 0 Å². The molecule has 0 amide bonds. The highest BCUT2D eigenvalue weighted by molar-refractivity contribution is 6.18. The third-order valence-electron chi connectivity index (χ3n) is 5.12. The lowest BCUT2D eigenvalue weighted by Gasteiger charge is -2.16. The van der Waals surface area contributed by atoms with Gasteiger partial charge in [-0.15, -0.1) is 0 Å². The molecule has 0 aliphatic carbocycles. The second kappa shape index (κ2) is 7.64. The molecular formula is C24H17N3O3. The molecule has 0 fully saturated rings. The molecule has 0 atom stereocenters. The highest BCUT2D eigenvalue weighted by Crippen LogP contribution is 2.28. The smallest absolute Gasteiger partial charge is 0.271 e. The summed E-state index contributed by atoms with van der Waals surface area (Å²) in [6.45, 7) is 1.50. The van der Waals surface area contributed by atoms with Gasteiger partial charge < -0.3 is 5.11 Å². The number of aromatic hydroxyl groups is 1. The fourth-order valence-electron chi connectivity index (χ4n) is 3.60. The molecule has 30 heavy (non-hydrogen) atoms. The van der Waals surface area contributed by atoms with Crippen molar-refractivity contribution in [3.63, 3.8) is 0 Å². The zero-order valence-electron chi connectivity index (χ0n) is 16.2. The molecule has 6 heteroatoms. The lowest BCUT2D eigenvalue weighted by atomic mass is 9.94. The maximum atomic E-state index is 13.5. The number of ketones is 1. The fraction of sp³-hybridized carbons (Fsp3) is 0.0833. The molecule has 1 N–H and O–H groups in total. The first-order valence-corrected chi connectivity index (χ1v) is 9.30. The molecular weight excluding hydrogens is 378 g/mol. The van der Waals surface area contributed by atoms with Gasteiger partial charge in [-0.1, -0.05) is 48.5 Å². The summed E-state index contributed by atoms with van der Waals surface area (Å²) in [5, 5.41) is 22.1. The van der Waals surface area contributed by atoms with E-state index in [0.717, 1.165) is 15.3 Å². The van der Waals surface area contributed by atoms with Crippen molar-refractivity contribution in [3.8, 4) is 11.9 Å². The summed E-state index contributed by atoms with van der Waals surface area (Å²) in [7, 11) is 0. The highest BCUT2D eigenvalue weighted by atomic mass is 16.3. The van der Waals surface area contributed by atoms with E-state index in [0.29, 0.717) is 11.1 Å². The zero-order chi connectivity index (χ0) is 21.3. The van der Waals surface area contributed by atoms with Crippen LogP contribution in [0.1, 0.15) is 32.6 Å². The summed E-state index contributed by atoms with van der Waals surface area (Å²) in [6.07, 6.45) is 3.15. The number of benzene rings is 2. The topological polar surface area (TPSA) is 96.0 Å².